The number of rotatable bonds is 10. The summed E-state index contributed by atoms with van der Waals surface area (Å²) in [4.78, 5) is 29.9. The Labute approximate surface area is 206 Å². The van der Waals surface area contributed by atoms with Crippen LogP contribution >= 0.6 is 0 Å². The second kappa shape index (κ2) is 11.2. The van der Waals surface area contributed by atoms with Gasteiger partial charge in [-0.3, -0.25) is 9.59 Å². The van der Waals surface area contributed by atoms with Gasteiger partial charge in [0.25, 0.3) is 0 Å². The van der Waals surface area contributed by atoms with E-state index in [1.54, 1.807) is 0 Å². The first kappa shape index (κ1) is 26.7. The lowest BCUT2D eigenvalue weighted by atomic mass is 9.69. The minimum absolute atomic E-state index is 0.00981. The number of likely N-dealkylation sites (tertiary alicyclic amines) is 2. The lowest BCUT2D eigenvalue weighted by molar-refractivity contribution is -0.161. The van der Waals surface area contributed by atoms with Gasteiger partial charge in [-0.05, 0) is 24.3 Å². The van der Waals surface area contributed by atoms with Gasteiger partial charge in [0.15, 0.2) is 0 Å². The average Bonchev–Trinajstić information content (AvgIpc) is 3.18. The van der Waals surface area contributed by atoms with Crippen LogP contribution in [0.15, 0.2) is 30.3 Å². The number of benzene rings is 1. The van der Waals surface area contributed by atoms with E-state index in [0.717, 1.165) is 12.8 Å². The summed E-state index contributed by atoms with van der Waals surface area (Å²) < 4.78 is 0. The van der Waals surface area contributed by atoms with Crippen LogP contribution in [0.1, 0.15) is 91.0 Å². The van der Waals surface area contributed by atoms with Crippen molar-refractivity contribution >= 4 is 11.8 Å². The van der Waals surface area contributed by atoms with Crippen LogP contribution in [0, 0.1) is 17.3 Å². The Morgan fingerprint density at radius 3 is 2.53 bits per heavy atom. The van der Waals surface area contributed by atoms with E-state index >= 15 is 0 Å². The number of nitrogens with zero attached hydrogens (tertiary/aromatic N) is 2. The molecule has 5 heteroatoms. The standard InChI is InChI=1S/C29H46N2O3/c1-6-8-12-23(7-2)17-22(3)27(33)30-16-15-29(34,28(4,5)20-30)21-31-19-25(18-26(31)32)24-13-10-9-11-14-24/h9-11,13-14,22-23,25,34H,6-8,12,15-21H2,1-5H3/t22-,23?,25+,29?/m1/s1. The smallest absolute Gasteiger partial charge is 0.225 e. The number of unbranched alkanes of at least 4 members (excludes halogenated alkanes) is 1. The van der Waals surface area contributed by atoms with Crippen LogP contribution in [0.5, 0.6) is 0 Å². The molecule has 2 aliphatic rings. The second-order valence-corrected chi connectivity index (χ2v) is 11.6. The van der Waals surface area contributed by atoms with Crippen LogP contribution in [-0.2, 0) is 9.59 Å². The molecule has 2 fully saturated rings. The number of hydrogen-bond donors (Lipinski definition) is 1. The molecule has 0 bridgehead atoms. The molecule has 4 atom stereocenters. The molecule has 0 spiro atoms. The summed E-state index contributed by atoms with van der Waals surface area (Å²) in [5.41, 5.74) is -0.303. The van der Waals surface area contributed by atoms with E-state index in [1.807, 2.05) is 41.8 Å². The Kier molecular flexibility index (Phi) is 8.83. The van der Waals surface area contributed by atoms with Gasteiger partial charge in [-0.1, -0.05) is 90.6 Å². The third-order valence-electron chi connectivity index (χ3n) is 8.54. The quantitative estimate of drug-likeness (QED) is 0.509. The van der Waals surface area contributed by atoms with Gasteiger partial charge >= 0.3 is 0 Å². The van der Waals surface area contributed by atoms with Crippen molar-refractivity contribution in [2.24, 2.45) is 17.3 Å². The molecule has 1 aromatic carbocycles. The molecular weight excluding hydrogens is 424 g/mol. The molecule has 34 heavy (non-hydrogen) atoms. The van der Waals surface area contributed by atoms with E-state index < -0.39 is 11.0 Å². The van der Waals surface area contributed by atoms with Gasteiger partial charge < -0.3 is 14.9 Å². The number of β-amino-alcohol motifs (C(OH)–C–C–N with tert-alkyl or cyclic N) is 1. The highest BCUT2D eigenvalue weighted by Gasteiger charge is 2.51. The Morgan fingerprint density at radius 1 is 1.21 bits per heavy atom. The summed E-state index contributed by atoms with van der Waals surface area (Å²) in [6.45, 7) is 12.7. The van der Waals surface area contributed by atoms with Gasteiger partial charge in [0.05, 0.1) is 12.1 Å². The van der Waals surface area contributed by atoms with Crippen LogP contribution < -0.4 is 0 Å². The molecule has 1 N–H and O–H groups in total. The Bertz CT molecular complexity index is 824. The largest absolute Gasteiger partial charge is 0.387 e. The first-order valence-electron chi connectivity index (χ1n) is 13.4. The second-order valence-electron chi connectivity index (χ2n) is 11.6. The van der Waals surface area contributed by atoms with Gasteiger partial charge in [0, 0.05) is 43.3 Å². The maximum absolute atomic E-state index is 13.3. The van der Waals surface area contributed by atoms with Crippen LogP contribution in [0.25, 0.3) is 0 Å². The molecule has 0 radical (unpaired) electrons. The average molecular weight is 471 g/mol. The van der Waals surface area contributed by atoms with Gasteiger partial charge in [-0.25, -0.2) is 0 Å². The summed E-state index contributed by atoms with van der Waals surface area (Å²) in [6, 6.07) is 10.2. The van der Waals surface area contributed by atoms with Crippen molar-refractivity contribution in [2.45, 2.75) is 91.1 Å². The van der Waals surface area contributed by atoms with Gasteiger partial charge in [0.1, 0.15) is 0 Å². The molecule has 0 aromatic heterocycles. The van der Waals surface area contributed by atoms with E-state index in [0.29, 0.717) is 44.9 Å². The molecule has 3 rings (SSSR count). The molecule has 2 saturated heterocycles. The molecule has 0 aliphatic carbocycles. The van der Waals surface area contributed by atoms with Crippen molar-refractivity contribution in [3.63, 3.8) is 0 Å². The van der Waals surface area contributed by atoms with Crippen molar-refractivity contribution in [3.05, 3.63) is 35.9 Å². The molecule has 2 aliphatic heterocycles. The number of hydrogen-bond acceptors (Lipinski definition) is 3. The molecule has 2 amide bonds. The van der Waals surface area contributed by atoms with E-state index in [4.69, 9.17) is 0 Å². The van der Waals surface area contributed by atoms with E-state index in [9.17, 15) is 14.7 Å². The van der Waals surface area contributed by atoms with E-state index in [2.05, 4.69) is 32.9 Å². The van der Waals surface area contributed by atoms with Crippen molar-refractivity contribution in [3.8, 4) is 0 Å². The minimum Gasteiger partial charge on any atom is -0.387 e. The summed E-state index contributed by atoms with van der Waals surface area (Å²) >= 11 is 0. The molecule has 2 heterocycles. The molecular formula is C29H46N2O3. The van der Waals surface area contributed by atoms with Crippen LogP contribution in [0.3, 0.4) is 0 Å². The van der Waals surface area contributed by atoms with Gasteiger partial charge in [-0.2, -0.15) is 0 Å². The molecule has 2 unspecified atom stereocenters. The molecule has 190 valence electrons. The highest BCUT2D eigenvalue weighted by atomic mass is 16.3. The lowest BCUT2D eigenvalue weighted by Crippen LogP contribution is -2.63. The van der Waals surface area contributed by atoms with Gasteiger partial charge in [-0.15, -0.1) is 0 Å². The third-order valence-corrected chi connectivity index (χ3v) is 8.54. The predicted molar refractivity (Wildman–Crippen MR) is 137 cm³/mol. The molecule has 0 saturated carbocycles. The summed E-state index contributed by atoms with van der Waals surface area (Å²) in [5.74, 6) is 1.12. The van der Waals surface area contributed by atoms with Crippen molar-refractivity contribution in [1.29, 1.82) is 0 Å². The zero-order valence-electron chi connectivity index (χ0n) is 22.1. The Balaban J connectivity index is 1.60. The number of piperidine rings is 1. The fourth-order valence-electron chi connectivity index (χ4n) is 5.93. The lowest BCUT2D eigenvalue weighted by Gasteiger charge is -2.51. The Morgan fingerprint density at radius 2 is 1.91 bits per heavy atom. The fraction of sp³-hybridized carbons (Fsp3) is 0.724. The number of aliphatic hydroxyl groups is 1. The van der Waals surface area contributed by atoms with E-state index in [1.165, 1.54) is 24.8 Å². The van der Waals surface area contributed by atoms with Crippen LogP contribution in [-0.4, -0.2) is 58.5 Å². The first-order chi connectivity index (χ1) is 16.1. The highest BCUT2D eigenvalue weighted by Crippen LogP contribution is 2.41. The van der Waals surface area contributed by atoms with E-state index in [-0.39, 0.29) is 23.7 Å². The van der Waals surface area contributed by atoms with Gasteiger partial charge in [0.2, 0.25) is 11.8 Å². The summed E-state index contributed by atoms with van der Waals surface area (Å²) in [7, 11) is 0. The predicted octanol–water partition coefficient (Wildman–Crippen LogP) is 5.23. The number of carbonyl (C=O) groups excluding carboxylic acids is 2. The SMILES string of the molecule is CCCCC(CC)C[C@@H](C)C(=O)N1CCC(O)(CN2C[C@@H](c3ccccc3)CC2=O)C(C)(C)C1. The minimum atomic E-state index is -0.999. The third kappa shape index (κ3) is 6.02. The topological polar surface area (TPSA) is 60.9 Å². The van der Waals surface area contributed by atoms with Crippen LogP contribution in [0.4, 0.5) is 0 Å². The maximum Gasteiger partial charge on any atom is 0.225 e. The van der Waals surface area contributed by atoms with Crippen molar-refractivity contribution in [1.82, 2.24) is 9.80 Å². The highest BCUT2D eigenvalue weighted by molar-refractivity contribution is 5.80. The first-order valence-corrected chi connectivity index (χ1v) is 13.4. The summed E-state index contributed by atoms with van der Waals surface area (Å²) in [5, 5.41) is 11.7. The fourth-order valence-corrected chi connectivity index (χ4v) is 5.93. The normalized spacial score (nSPS) is 26.5. The number of carbonyl (C=O) groups is 2. The molecule has 1 aromatic rings. The zero-order valence-corrected chi connectivity index (χ0v) is 22.1. The maximum atomic E-state index is 13.3. The van der Waals surface area contributed by atoms with Crippen molar-refractivity contribution in [2.75, 3.05) is 26.2 Å². The van der Waals surface area contributed by atoms with Crippen molar-refractivity contribution < 1.29 is 14.7 Å². The summed E-state index contributed by atoms with van der Waals surface area (Å²) in [6.07, 6.45) is 6.69. The molecule has 5 nitrogen and oxygen atoms in total. The zero-order chi connectivity index (χ0) is 24.9. The number of amides is 2. The monoisotopic (exact) mass is 470 g/mol. The Hall–Kier alpha value is -1.88. The van der Waals surface area contributed by atoms with Crippen LogP contribution in [0.2, 0.25) is 0 Å².